The van der Waals surface area contributed by atoms with E-state index in [-0.39, 0.29) is 0 Å². The number of Topliss-reactive ketones (excluding diaryl/α,β-unsaturated/α-hetero) is 1. The molecular weight excluding hydrogens is 280 g/mol. The summed E-state index contributed by atoms with van der Waals surface area (Å²) >= 11 is 2.01. The number of hydrogen-bond acceptors (Lipinski definition) is 3. The molecule has 1 aromatic carbocycles. The van der Waals surface area contributed by atoms with Crippen LogP contribution in [0.2, 0.25) is 0 Å². The summed E-state index contributed by atoms with van der Waals surface area (Å²) in [6, 6.07) is 8.21. The smallest absolute Gasteiger partial charge is 0.139 e. The van der Waals surface area contributed by atoms with Crippen molar-refractivity contribution >= 4 is 28.4 Å². The highest BCUT2D eigenvalue weighted by Crippen LogP contribution is 2.26. The number of rotatable bonds is 5. The zero-order valence-electron chi connectivity index (χ0n) is 12.5. The first-order chi connectivity index (χ1) is 10.3. The molecular formula is C17H22N2OS. The van der Waals surface area contributed by atoms with Gasteiger partial charge >= 0.3 is 0 Å². The van der Waals surface area contributed by atoms with Gasteiger partial charge in [0, 0.05) is 18.4 Å². The number of thioether (sulfide) groups is 1. The number of aromatic nitrogens is 2. The number of fused-ring (bicyclic) bond motifs is 1. The number of carbonyl (C=O) groups is 1. The van der Waals surface area contributed by atoms with Gasteiger partial charge in [0.25, 0.3) is 0 Å². The lowest BCUT2D eigenvalue weighted by Crippen LogP contribution is -2.16. The summed E-state index contributed by atoms with van der Waals surface area (Å²) in [5.41, 5.74) is 2.08. The van der Waals surface area contributed by atoms with Crippen molar-refractivity contribution < 1.29 is 4.79 Å². The van der Waals surface area contributed by atoms with Crippen LogP contribution in [0.3, 0.4) is 0 Å². The number of ketones is 1. The lowest BCUT2D eigenvalue weighted by Gasteiger charge is -2.20. The summed E-state index contributed by atoms with van der Waals surface area (Å²) < 4.78 is 2.00. The maximum absolute atomic E-state index is 12.4. The van der Waals surface area contributed by atoms with Crippen LogP contribution in [0.15, 0.2) is 24.3 Å². The quantitative estimate of drug-likeness (QED) is 0.844. The van der Waals surface area contributed by atoms with Gasteiger partial charge in [0.2, 0.25) is 0 Å². The molecule has 0 bridgehead atoms. The molecule has 0 aliphatic carbocycles. The van der Waals surface area contributed by atoms with Gasteiger partial charge in [-0.2, -0.15) is 16.9 Å². The van der Waals surface area contributed by atoms with Gasteiger partial charge < -0.3 is 0 Å². The Morgan fingerprint density at radius 1 is 1.33 bits per heavy atom. The van der Waals surface area contributed by atoms with Gasteiger partial charge in [-0.05, 0) is 43.3 Å². The highest BCUT2D eigenvalue weighted by atomic mass is 32.2. The van der Waals surface area contributed by atoms with Gasteiger partial charge in [-0.25, -0.2) is 0 Å². The molecule has 3 rings (SSSR count). The molecule has 0 amide bonds. The van der Waals surface area contributed by atoms with E-state index in [9.17, 15) is 4.79 Å². The third kappa shape index (κ3) is 3.31. The molecule has 0 spiro atoms. The summed E-state index contributed by atoms with van der Waals surface area (Å²) in [5, 5.41) is 5.76. The first-order valence-electron chi connectivity index (χ1n) is 7.81. The second-order valence-electron chi connectivity index (χ2n) is 5.75. The van der Waals surface area contributed by atoms with Crippen LogP contribution in [0.5, 0.6) is 0 Å². The minimum Gasteiger partial charge on any atom is -0.299 e. The van der Waals surface area contributed by atoms with E-state index in [1.54, 1.807) is 0 Å². The van der Waals surface area contributed by atoms with E-state index in [0.29, 0.717) is 18.1 Å². The molecule has 1 aliphatic heterocycles. The van der Waals surface area contributed by atoms with Crippen LogP contribution in [0, 0.1) is 5.92 Å². The number of benzene rings is 1. The van der Waals surface area contributed by atoms with Crippen LogP contribution < -0.4 is 0 Å². The highest BCUT2D eigenvalue weighted by Gasteiger charge is 2.19. The van der Waals surface area contributed by atoms with Crippen LogP contribution in [0.25, 0.3) is 10.9 Å². The lowest BCUT2D eigenvalue weighted by molar-refractivity contribution is -0.119. The van der Waals surface area contributed by atoms with E-state index in [1.165, 1.54) is 24.3 Å². The third-order valence-corrected chi connectivity index (χ3v) is 5.30. The summed E-state index contributed by atoms with van der Waals surface area (Å²) in [6.07, 6.45) is 3.60. The van der Waals surface area contributed by atoms with E-state index in [2.05, 4.69) is 24.2 Å². The van der Waals surface area contributed by atoms with Crippen molar-refractivity contribution in [2.75, 3.05) is 11.5 Å². The number of hydrogen-bond donors (Lipinski definition) is 0. The standard InChI is InChI=1S/C17H22N2OS/c1-2-19-17-6-4-3-5-15(17)16(18-19)12-14(20)11-13-7-9-21-10-8-13/h3-6,13H,2,7-12H2,1H3. The number of nitrogens with zero attached hydrogens (tertiary/aromatic N) is 2. The van der Waals surface area contributed by atoms with Crippen LogP contribution in [-0.4, -0.2) is 27.1 Å². The fourth-order valence-electron chi connectivity index (χ4n) is 3.10. The van der Waals surface area contributed by atoms with Crippen molar-refractivity contribution in [3.63, 3.8) is 0 Å². The van der Waals surface area contributed by atoms with Crippen LogP contribution in [0.4, 0.5) is 0 Å². The second-order valence-corrected chi connectivity index (χ2v) is 6.98. The Balaban J connectivity index is 1.73. The molecule has 0 radical (unpaired) electrons. The summed E-state index contributed by atoms with van der Waals surface area (Å²) in [4.78, 5) is 12.4. The van der Waals surface area contributed by atoms with Crippen molar-refractivity contribution in [2.24, 2.45) is 5.92 Å². The molecule has 0 saturated carbocycles. The topological polar surface area (TPSA) is 34.9 Å². The van der Waals surface area contributed by atoms with E-state index in [1.807, 2.05) is 28.6 Å². The Bertz CT molecular complexity index is 629. The summed E-state index contributed by atoms with van der Waals surface area (Å²) in [6.45, 7) is 2.93. The molecule has 1 saturated heterocycles. The van der Waals surface area contributed by atoms with Gasteiger partial charge in [-0.1, -0.05) is 18.2 Å². The van der Waals surface area contributed by atoms with E-state index in [4.69, 9.17) is 0 Å². The fourth-order valence-corrected chi connectivity index (χ4v) is 4.30. The molecule has 4 heteroatoms. The largest absolute Gasteiger partial charge is 0.299 e. The third-order valence-electron chi connectivity index (χ3n) is 4.26. The van der Waals surface area contributed by atoms with Gasteiger partial charge in [-0.15, -0.1) is 0 Å². The molecule has 112 valence electrons. The Labute approximate surface area is 130 Å². The SMILES string of the molecule is CCn1nc(CC(=O)CC2CCSCC2)c2ccccc21. The highest BCUT2D eigenvalue weighted by molar-refractivity contribution is 7.99. The van der Waals surface area contributed by atoms with Gasteiger partial charge in [0.05, 0.1) is 17.6 Å². The predicted octanol–water partition coefficient (Wildman–Crippen LogP) is 3.70. The zero-order chi connectivity index (χ0) is 14.7. The minimum absolute atomic E-state index is 0.346. The van der Waals surface area contributed by atoms with E-state index < -0.39 is 0 Å². The first kappa shape index (κ1) is 14.6. The number of para-hydroxylation sites is 1. The number of carbonyl (C=O) groups excluding carboxylic acids is 1. The molecule has 0 unspecified atom stereocenters. The monoisotopic (exact) mass is 302 g/mol. The molecule has 1 fully saturated rings. The predicted molar refractivity (Wildman–Crippen MR) is 88.8 cm³/mol. The average Bonchev–Trinajstić information content (AvgIpc) is 2.86. The van der Waals surface area contributed by atoms with Gasteiger partial charge in [0.15, 0.2) is 0 Å². The molecule has 21 heavy (non-hydrogen) atoms. The van der Waals surface area contributed by atoms with Crippen molar-refractivity contribution in [2.45, 2.75) is 39.2 Å². The van der Waals surface area contributed by atoms with Gasteiger partial charge in [0.1, 0.15) is 5.78 Å². The lowest BCUT2D eigenvalue weighted by atomic mass is 9.94. The van der Waals surface area contributed by atoms with E-state index in [0.717, 1.165) is 29.6 Å². The second kappa shape index (κ2) is 6.65. The minimum atomic E-state index is 0.346. The molecule has 1 aromatic heterocycles. The Morgan fingerprint density at radius 3 is 2.86 bits per heavy atom. The van der Waals surface area contributed by atoms with Crippen molar-refractivity contribution in [3.8, 4) is 0 Å². The molecule has 3 nitrogen and oxygen atoms in total. The normalized spacial score (nSPS) is 16.4. The molecule has 0 N–H and O–H groups in total. The van der Waals surface area contributed by atoms with Crippen LogP contribution in [-0.2, 0) is 17.8 Å². The fraction of sp³-hybridized carbons (Fsp3) is 0.529. The Hall–Kier alpha value is -1.29. The summed E-state index contributed by atoms with van der Waals surface area (Å²) in [5.74, 6) is 3.37. The maximum atomic E-state index is 12.4. The van der Waals surface area contributed by atoms with Gasteiger partial charge in [-0.3, -0.25) is 9.48 Å². The van der Waals surface area contributed by atoms with Crippen molar-refractivity contribution in [1.82, 2.24) is 9.78 Å². The molecule has 2 heterocycles. The Morgan fingerprint density at radius 2 is 2.10 bits per heavy atom. The van der Waals surface area contributed by atoms with Crippen molar-refractivity contribution in [3.05, 3.63) is 30.0 Å². The maximum Gasteiger partial charge on any atom is 0.139 e. The van der Waals surface area contributed by atoms with Crippen molar-refractivity contribution in [1.29, 1.82) is 0 Å². The molecule has 2 aromatic rings. The Kier molecular flexibility index (Phi) is 4.63. The zero-order valence-corrected chi connectivity index (χ0v) is 13.4. The first-order valence-corrected chi connectivity index (χ1v) is 8.97. The number of aryl methyl sites for hydroxylation is 1. The summed E-state index contributed by atoms with van der Waals surface area (Å²) in [7, 11) is 0. The van der Waals surface area contributed by atoms with Crippen LogP contribution >= 0.6 is 11.8 Å². The van der Waals surface area contributed by atoms with Crippen LogP contribution in [0.1, 0.15) is 31.9 Å². The van der Waals surface area contributed by atoms with E-state index >= 15 is 0 Å². The average molecular weight is 302 g/mol. The molecule has 1 aliphatic rings. The molecule has 0 atom stereocenters.